The molecule has 1 radical (unpaired) electrons. The van der Waals surface area contributed by atoms with Gasteiger partial charge in [-0.2, -0.15) is 0 Å². The van der Waals surface area contributed by atoms with Crippen LogP contribution in [0, 0.1) is 11.6 Å². The zero-order chi connectivity index (χ0) is 21.2. The summed E-state index contributed by atoms with van der Waals surface area (Å²) in [5.41, 5.74) is 1.28. The fraction of sp³-hybridized carbons (Fsp3) is 0.200. The third-order valence-corrected chi connectivity index (χ3v) is 3.68. The molecule has 0 heterocycles. The molecule has 0 atom stereocenters. The van der Waals surface area contributed by atoms with Gasteiger partial charge < -0.3 is 19.3 Å². The molecule has 0 fully saturated rings. The zero-order valence-electron chi connectivity index (χ0n) is 16.6. The summed E-state index contributed by atoms with van der Waals surface area (Å²) in [5.74, 6) is -1.53. The van der Waals surface area contributed by atoms with E-state index in [0.717, 1.165) is 12.1 Å². The largest absolute Gasteiger partial charge is 0.417 e. The second-order valence-electron chi connectivity index (χ2n) is 5.58. The van der Waals surface area contributed by atoms with Crippen LogP contribution in [0.15, 0.2) is 57.9 Å². The van der Waals surface area contributed by atoms with Crippen molar-refractivity contribution in [3.8, 4) is 0 Å². The van der Waals surface area contributed by atoms with Crippen molar-refractivity contribution in [3.05, 3.63) is 70.8 Å². The standard InChI is InChI=1S/C20H18F2N3O4.Y/c1-13(20(25-28-3)17-9-8-15(21)10-18(17)22)23-29-12-14-6-4-5-7-16(14)19(11-26)24-27-2;/h4-10H,12H2,1-3H3;/q-1;/b23-13+,24-19-,25-20?;. The van der Waals surface area contributed by atoms with Crippen LogP contribution in [0.25, 0.3) is 0 Å². The first-order valence-corrected chi connectivity index (χ1v) is 8.32. The Bertz CT molecular complexity index is 965. The molecule has 0 amide bonds. The number of hydrogen-bond donors (Lipinski definition) is 0. The number of halogens is 2. The Hall–Kier alpha value is -2.52. The summed E-state index contributed by atoms with van der Waals surface area (Å²) in [6.45, 7) is 1.51. The van der Waals surface area contributed by atoms with Crippen LogP contribution in [0.2, 0.25) is 0 Å². The van der Waals surface area contributed by atoms with Crippen molar-refractivity contribution in [1.82, 2.24) is 0 Å². The number of carbonyl (C=O) groups excluding carboxylic acids is 1. The van der Waals surface area contributed by atoms with Crippen molar-refractivity contribution >= 4 is 23.4 Å². The SMILES string of the molecule is CON=C(/C(C)=N/OCc1ccccc1/C([C-]=O)=N\OC)c1ccc(F)cc1F.[Y]. The number of benzene rings is 2. The topological polar surface area (TPSA) is 81.8 Å². The van der Waals surface area contributed by atoms with Gasteiger partial charge in [-0.25, -0.2) is 8.78 Å². The monoisotopic (exact) mass is 491 g/mol. The van der Waals surface area contributed by atoms with Gasteiger partial charge in [0.2, 0.25) is 0 Å². The Labute approximate surface area is 197 Å². The average Bonchev–Trinajstić information content (AvgIpc) is 2.71. The second-order valence-corrected chi connectivity index (χ2v) is 5.58. The second kappa shape index (κ2) is 12.9. The van der Waals surface area contributed by atoms with Crippen molar-refractivity contribution in [3.63, 3.8) is 0 Å². The van der Waals surface area contributed by atoms with Gasteiger partial charge in [-0.05, 0) is 24.8 Å². The van der Waals surface area contributed by atoms with E-state index in [-0.39, 0.29) is 62.0 Å². The molecule has 0 aliphatic carbocycles. The minimum atomic E-state index is -0.817. The molecule has 0 saturated heterocycles. The van der Waals surface area contributed by atoms with Gasteiger partial charge in [0.05, 0.1) is 0 Å². The van der Waals surface area contributed by atoms with Gasteiger partial charge >= 0.3 is 0 Å². The van der Waals surface area contributed by atoms with Gasteiger partial charge in [-0.3, -0.25) is 0 Å². The fourth-order valence-corrected chi connectivity index (χ4v) is 2.42. The third kappa shape index (κ3) is 6.78. The molecule has 7 nitrogen and oxygen atoms in total. The molecule has 2 rings (SSSR count). The normalized spacial score (nSPS) is 12.1. The smallest absolute Gasteiger partial charge is 0.137 e. The van der Waals surface area contributed by atoms with Crippen LogP contribution in [0.5, 0.6) is 0 Å². The maximum Gasteiger partial charge on any atom is 0.137 e. The first-order valence-electron chi connectivity index (χ1n) is 8.32. The Balaban J connectivity index is 0.00000450. The average molecular weight is 491 g/mol. The summed E-state index contributed by atoms with van der Waals surface area (Å²) in [5, 5.41) is 11.3. The Morgan fingerprint density at radius 2 is 1.70 bits per heavy atom. The van der Waals surface area contributed by atoms with Crippen LogP contribution in [0.3, 0.4) is 0 Å². The summed E-state index contributed by atoms with van der Waals surface area (Å²) in [7, 11) is 2.60. The van der Waals surface area contributed by atoms with Gasteiger partial charge in [0.25, 0.3) is 0 Å². The molecule has 0 aliphatic heterocycles. The van der Waals surface area contributed by atoms with Crippen molar-refractivity contribution in [2.45, 2.75) is 13.5 Å². The molecule has 0 aromatic heterocycles. The molecule has 2 aromatic rings. The van der Waals surface area contributed by atoms with Crippen LogP contribution in [-0.4, -0.2) is 37.6 Å². The van der Waals surface area contributed by atoms with Crippen LogP contribution >= 0.6 is 0 Å². The van der Waals surface area contributed by atoms with Crippen LogP contribution in [0.4, 0.5) is 8.78 Å². The summed E-state index contributed by atoms with van der Waals surface area (Å²) in [6.07, 6.45) is 1.70. The Morgan fingerprint density at radius 1 is 1.00 bits per heavy atom. The summed E-state index contributed by atoms with van der Waals surface area (Å²) in [6, 6.07) is 9.90. The predicted molar refractivity (Wildman–Crippen MR) is 103 cm³/mol. The van der Waals surface area contributed by atoms with Crippen LogP contribution < -0.4 is 0 Å². The van der Waals surface area contributed by atoms with Gasteiger partial charge in [0.1, 0.15) is 43.9 Å². The Kier molecular flexibility index (Phi) is 11.0. The van der Waals surface area contributed by atoms with Crippen LogP contribution in [0.1, 0.15) is 23.6 Å². The van der Waals surface area contributed by atoms with E-state index in [1.807, 2.05) is 0 Å². The van der Waals surface area contributed by atoms with E-state index in [0.29, 0.717) is 11.1 Å². The molecule has 0 spiro atoms. The zero-order valence-corrected chi connectivity index (χ0v) is 19.4. The van der Waals surface area contributed by atoms with E-state index >= 15 is 0 Å². The molecular weight excluding hydrogens is 473 g/mol. The summed E-state index contributed by atoms with van der Waals surface area (Å²) >= 11 is 0. The van der Waals surface area contributed by atoms with E-state index in [9.17, 15) is 13.6 Å². The molecule has 0 saturated carbocycles. The van der Waals surface area contributed by atoms with Crippen LogP contribution in [-0.2, 0) is 58.6 Å². The maximum absolute atomic E-state index is 14.1. The third-order valence-electron chi connectivity index (χ3n) is 3.68. The molecule has 2 aromatic carbocycles. The van der Waals surface area contributed by atoms with E-state index in [2.05, 4.69) is 20.3 Å². The van der Waals surface area contributed by atoms with E-state index in [4.69, 9.17) is 9.68 Å². The van der Waals surface area contributed by atoms with Crippen molar-refractivity contribution in [1.29, 1.82) is 0 Å². The molecule has 30 heavy (non-hydrogen) atoms. The van der Waals surface area contributed by atoms with E-state index in [1.165, 1.54) is 27.2 Å². The molecule has 10 heteroatoms. The van der Waals surface area contributed by atoms with Gasteiger partial charge in [-0.1, -0.05) is 34.1 Å². The minimum absolute atomic E-state index is 0. The van der Waals surface area contributed by atoms with Crippen molar-refractivity contribution in [2.24, 2.45) is 15.5 Å². The number of nitrogens with zero attached hydrogens (tertiary/aromatic N) is 3. The van der Waals surface area contributed by atoms with Gasteiger partial charge in [0, 0.05) is 50.6 Å². The molecule has 0 bridgehead atoms. The molecule has 155 valence electrons. The predicted octanol–water partition coefficient (Wildman–Crippen LogP) is 3.37. The summed E-state index contributed by atoms with van der Waals surface area (Å²) in [4.78, 5) is 25.8. The fourth-order valence-electron chi connectivity index (χ4n) is 2.42. The number of hydrogen-bond acceptors (Lipinski definition) is 7. The molecule has 0 N–H and O–H groups in total. The van der Waals surface area contributed by atoms with E-state index in [1.54, 1.807) is 30.6 Å². The van der Waals surface area contributed by atoms with Crippen molar-refractivity contribution < 1.29 is 60.8 Å². The van der Waals surface area contributed by atoms with Gasteiger partial charge in [-0.15, -0.1) is 16.8 Å². The molecular formula is C20H18F2N3O4Y-. The Morgan fingerprint density at radius 3 is 2.33 bits per heavy atom. The maximum atomic E-state index is 14.1. The first kappa shape index (κ1) is 25.5. The summed E-state index contributed by atoms with van der Waals surface area (Å²) < 4.78 is 27.3. The van der Waals surface area contributed by atoms with E-state index < -0.39 is 11.6 Å². The molecule has 0 unspecified atom stereocenters. The van der Waals surface area contributed by atoms with Crippen molar-refractivity contribution in [2.75, 3.05) is 14.2 Å². The molecule has 0 aliphatic rings. The van der Waals surface area contributed by atoms with Gasteiger partial charge in [0.15, 0.2) is 0 Å². The number of oxime groups is 3. The number of rotatable bonds is 9. The quantitative estimate of drug-likeness (QED) is 0.306. The first-order chi connectivity index (χ1) is 14.0. The minimum Gasteiger partial charge on any atom is -0.417 e.